The Balaban J connectivity index is 1.56. The Morgan fingerprint density at radius 2 is 2.04 bits per heavy atom. The highest BCUT2D eigenvalue weighted by atomic mass is 35.5. The van der Waals surface area contributed by atoms with Gasteiger partial charge in [-0.05, 0) is 18.2 Å². The number of halogens is 1. The smallest absolute Gasteiger partial charge is 0.224 e. The number of carbonyl (C=O) groups is 1. The van der Waals surface area contributed by atoms with Gasteiger partial charge in [-0.2, -0.15) is 0 Å². The molecule has 0 saturated heterocycles. The van der Waals surface area contributed by atoms with E-state index >= 15 is 0 Å². The normalized spacial score (nSPS) is 10.5. The number of hydrogen-bond donors (Lipinski definition) is 1. The summed E-state index contributed by atoms with van der Waals surface area (Å²) in [4.78, 5) is 16.3. The van der Waals surface area contributed by atoms with Crippen LogP contribution in [0.1, 0.15) is 12.3 Å². The van der Waals surface area contributed by atoms with E-state index in [1.54, 1.807) is 31.5 Å². The minimum Gasteiger partial charge on any atom is -0.495 e. The van der Waals surface area contributed by atoms with Gasteiger partial charge in [0.2, 0.25) is 5.91 Å². The molecule has 0 aliphatic heterocycles. The van der Waals surface area contributed by atoms with Gasteiger partial charge in [0.1, 0.15) is 5.75 Å². The van der Waals surface area contributed by atoms with E-state index in [1.165, 1.54) is 0 Å². The van der Waals surface area contributed by atoms with Gasteiger partial charge in [0, 0.05) is 24.1 Å². The van der Waals surface area contributed by atoms with Crippen LogP contribution in [0, 0.1) is 0 Å². The molecule has 1 N–H and O–H groups in total. The molecule has 0 fully saturated rings. The summed E-state index contributed by atoms with van der Waals surface area (Å²) in [6.07, 6.45) is 2.35. The number of aromatic nitrogens is 1. The van der Waals surface area contributed by atoms with Crippen molar-refractivity contribution in [2.75, 3.05) is 12.4 Å². The minimum atomic E-state index is -0.138. The third-order valence-electron chi connectivity index (χ3n) is 3.61. The molecule has 1 heterocycles. The molecule has 5 nitrogen and oxygen atoms in total. The molecular weight excluding hydrogens is 340 g/mol. The molecule has 0 aliphatic carbocycles. The fraction of sp³-hybridized carbons (Fsp3) is 0.158. The highest BCUT2D eigenvalue weighted by Gasteiger charge is 2.10. The number of benzene rings is 2. The number of hydrogen-bond acceptors (Lipinski definition) is 4. The van der Waals surface area contributed by atoms with E-state index < -0.39 is 0 Å². The van der Waals surface area contributed by atoms with Crippen LogP contribution in [-0.2, 0) is 11.2 Å². The number of carbonyl (C=O) groups excluding carboxylic acids is 1. The van der Waals surface area contributed by atoms with Crippen molar-refractivity contribution in [3.8, 4) is 17.1 Å². The first-order chi connectivity index (χ1) is 12.2. The zero-order chi connectivity index (χ0) is 17.6. The summed E-state index contributed by atoms with van der Waals surface area (Å²) in [5, 5.41) is 3.24. The first-order valence-electron chi connectivity index (χ1n) is 7.79. The van der Waals surface area contributed by atoms with Crippen LogP contribution in [0.2, 0.25) is 5.02 Å². The van der Waals surface area contributed by atoms with E-state index in [2.05, 4.69) is 10.3 Å². The van der Waals surface area contributed by atoms with Crippen molar-refractivity contribution >= 4 is 23.2 Å². The first kappa shape index (κ1) is 17.0. The Bertz CT molecular complexity index is 862. The predicted octanol–water partition coefficient (Wildman–Crippen LogP) is 4.57. The Kier molecular flexibility index (Phi) is 5.36. The maximum Gasteiger partial charge on any atom is 0.224 e. The van der Waals surface area contributed by atoms with Crippen molar-refractivity contribution in [2.24, 2.45) is 0 Å². The van der Waals surface area contributed by atoms with Crippen molar-refractivity contribution in [1.29, 1.82) is 0 Å². The second kappa shape index (κ2) is 7.85. The van der Waals surface area contributed by atoms with Crippen molar-refractivity contribution in [3.63, 3.8) is 0 Å². The third-order valence-corrected chi connectivity index (χ3v) is 3.91. The number of methoxy groups -OCH3 is 1. The molecule has 2 aromatic carbocycles. The Hall–Kier alpha value is -2.79. The molecule has 0 atom stereocenters. The van der Waals surface area contributed by atoms with Gasteiger partial charge in [-0.1, -0.05) is 41.9 Å². The fourth-order valence-corrected chi connectivity index (χ4v) is 2.61. The van der Waals surface area contributed by atoms with Crippen LogP contribution in [-0.4, -0.2) is 18.0 Å². The maximum absolute atomic E-state index is 12.1. The van der Waals surface area contributed by atoms with E-state index in [1.807, 2.05) is 30.3 Å². The molecule has 25 heavy (non-hydrogen) atoms. The lowest BCUT2D eigenvalue weighted by atomic mass is 10.2. The Morgan fingerprint density at radius 3 is 2.76 bits per heavy atom. The van der Waals surface area contributed by atoms with Crippen LogP contribution in [0.25, 0.3) is 11.3 Å². The van der Waals surface area contributed by atoms with Crippen LogP contribution in [0.3, 0.4) is 0 Å². The van der Waals surface area contributed by atoms with Crippen molar-refractivity contribution < 1.29 is 13.9 Å². The van der Waals surface area contributed by atoms with Gasteiger partial charge < -0.3 is 14.5 Å². The number of nitrogens with one attached hydrogen (secondary N) is 1. The number of ether oxygens (including phenoxy) is 1. The van der Waals surface area contributed by atoms with E-state index in [0.717, 1.165) is 5.56 Å². The van der Waals surface area contributed by atoms with Crippen LogP contribution >= 0.6 is 11.6 Å². The molecule has 1 amide bonds. The van der Waals surface area contributed by atoms with Crippen LogP contribution < -0.4 is 10.1 Å². The molecule has 128 valence electrons. The second-order valence-electron chi connectivity index (χ2n) is 5.38. The highest BCUT2D eigenvalue weighted by molar-refractivity contribution is 6.32. The summed E-state index contributed by atoms with van der Waals surface area (Å²) in [6, 6.07) is 14.8. The summed E-state index contributed by atoms with van der Waals surface area (Å²) in [6.45, 7) is 0. The average Bonchev–Trinajstić information content (AvgIpc) is 3.10. The third kappa shape index (κ3) is 4.39. The van der Waals surface area contributed by atoms with Gasteiger partial charge in [0.25, 0.3) is 0 Å². The topological polar surface area (TPSA) is 64.4 Å². The first-order valence-corrected chi connectivity index (χ1v) is 8.17. The number of aryl methyl sites for hydroxylation is 1. The molecule has 3 aromatic rings. The minimum absolute atomic E-state index is 0.138. The molecule has 0 spiro atoms. The van der Waals surface area contributed by atoms with Crippen LogP contribution in [0.15, 0.2) is 59.1 Å². The average molecular weight is 357 g/mol. The number of anilines is 1. The summed E-state index contributed by atoms with van der Waals surface area (Å²) < 4.78 is 10.8. The zero-order valence-electron chi connectivity index (χ0n) is 13.7. The van der Waals surface area contributed by atoms with Gasteiger partial charge in [0.15, 0.2) is 11.7 Å². The van der Waals surface area contributed by atoms with Crippen molar-refractivity contribution in [1.82, 2.24) is 4.98 Å². The lowest BCUT2D eigenvalue weighted by Crippen LogP contribution is -2.12. The Morgan fingerprint density at radius 1 is 1.24 bits per heavy atom. The molecule has 0 unspecified atom stereocenters. The summed E-state index contributed by atoms with van der Waals surface area (Å²) in [5.74, 6) is 1.65. The predicted molar refractivity (Wildman–Crippen MR) is 96.9 cm³/mol. The van der Waals surface area contributed by atoms with Gasteiger partial charge in [0.05, 0.1) is 18.3 Å². The van der Waals surface area contributed by atoms with E-state index in [-0.39, 0.29) is 12.3 Å². The lowest BCUT2D eigenvalue weighted by molar-refractivity contribution is -0.116. The van der Waals surface area contributed by atoms with E-state index in [9.17, 15) is 4.79 Å². The fourth-order valence-electron chi connectivity index (χ4n) is 2.35. The molecular formula is C19H17ClN2O3. The summed E-state index contributed by atoms with van der Waals surface area (Å²) in [7, 11) is 1.54. The van der Waals surface area contributed by atoms with Crippen molar-refractivity contribution in [2.45, 2.75) is 12.8 Å². The zero-order valence-corrected chi connectivity index (χ0v) is 14.4. The molecule has 1 aromatic heterocycles. The molecule has 0 radical (unpaired) electrons. The number of oxazole rings is 1. The molecule has 6 heteroatoms. The molecule has 0 bridgehead atoms. The maximum atomic E-state index is 12.1. The van der Waals surface area contributed by atoms with E-state index in [0.29, 0.717) is 34.5 Å². The van der Waals surface area contributed by atoms with Gasteiger partial charge >= 0.3 is 0 Å². The lowest BCUT2D eigenvalue weighted by Gasteiger charge is -2.07. The van der Waals surface area contributed by atoms with Crippen LogP contribution in [0.4, 0.5) is 5.69 Å². The summed E-state index contributed by atoms with van der Waals surface area (Å²) in [5.41, 5.74) is 1.58. The van der Waals surface area contributed by atoms with Crippen molar-refractivity contribution in [3.05, 3.63) is 65.6 Å². The van der Waals surface area contributed by atoms with E-state index in [4.69, 9.17) is 20.8 Å². The SMILES string of the molecule is COc1ccc(NC(=O)CCc2ncc(-c3ccccc3)o2)cc1Cl. The molecule has 0 aliphatic rings. The summed E-state index contributed by atoms with van der Waals surface area (Å²) >= 11 is 6.05. The van der Waals surface area contributed by atoms with Gasteiger partial charge in [-0.15, -0.1) is 0 Å². The monoisotopic (exact) mass is 356 g/mol. The highest BCUT2D eigenvalue weighted by Crippen LogP contribution is 2.27. The van der Waals surface area contributed by atoms with Crippen LogP contribution in [0.5, 0.6) is 5.75 Å². The van der Waals surface area contributed by atoms with Gasteiger partial charge in [-0.3, -0.25) is 4.79 Å². The second-order valence-corrected chi connectivity index (χ2v) is 5.79. The molecule has 3 rings (SSSR count). The standard InChI is InChI=1S/C19H17ClN2O3/c1-24-16-8-7-14(11-15(16)20)22-18(23)9-10-19-21-12-17(25-19)13-5-3-2-4-6-13/h2-8,11-12H,9-10H2,1H3,(H,22,23). The number of nitrogens with zero attached hydrogens (tertiary/aromatic N) is 1. The molecule has 0 saturated carbocycles. The largest absolute Gasteiger partial charge is 0.495 e. The number of amides is 1. The quantitative estimate of drug-likeness (QED) is 0.702. The number of rotatable bonds is 6. The Labute approximate surface area is 150 Å². The van der Waals surface area contributed by atoms with Gasteiger partial charge in [-0.25, -0.2) is 4.98 Å².